The molecule has 2 amide bonds. The number of hydrogen-bond donors (Lipinski definition) is 2. The lowest BCUT2D eigenvalue weighted by molar-refractivity contribution is -0.137. The number of carbonyl (C=O) groups is 2. The van der Waals surface area contributed by atoms with Crippen molar-refractivity contribution >= 4 is 29.1 Å². The van der Waals surface area contributed by atoms with Gasteiger partial charge in [0.15, 0.2) is 0 Å². The largest absolute Gasteiger partial charge is 0.416 e. The smallest absolute Gasteiger partial charge is 0.344 e. The van der Waals surface area contributed by atoms with Crippen LogP contribution in [0.1, 0.15) is 11.1 Å². The Labute approximate surface area is 140 Å². The average Bonchev–Trinajstić information content (AvgIpc) is 2.53. The highest BCUT2D eigenvalue weighted by Gasteiger charge is 2.30. The fourth-order valence-electron chi connectivity index (χ4n) is 1.86. The van der Waals surface area contributed by atoms with E-state index < -0.39 is 23.6 Å². The van der Waals surface area contributed by atoms with E-state index in [0.717, 1.165) is 18.2 Å². The Morgan fingerprint density at radius 3 is 2.38 bits per heavy atom. The van der Waals surface area contributed by atoms with E-state index in [9.17, 15) is 22.8 Å². The highest BCUT2D eigenvalue weighted by atomic mass is 35.5. The topological polar surface area (TPSA) is 58.2 Å². The average molecular weight is 357 g/mol. The molecule has 0 heterocycles. The molecule has 2 aromatic carbocycles. The minimum atomic E-state index is -4.53. The third-order valence-electron chi connectivity index (χ3n) is 3.05. The van der Waals surface area contributed by atoms with Gasteiger partial charge < -0.3 is 10.6 Å². The molecule has 0 bridgehead atoms. The number of carbonyl (C=O) groups excluding carboxylic acids is 2. The molecular formula is C16H12ClF3N2O2. The monoisotopic (exact) mass is 356 g/mol. The van der Waals surface area contributed by atoms with E-state index in [4.69, 9.17) is 11.6 Å². The fourth-order valence-corrected chi connectivity index (χ4v) is 2.06. The molecule has 126 valence electrons. The lowest BCUT2D eigenvalue weighted by Gasteiger charge is -2.10. The summed E-state index contributed by atoms with van der Waals surface area (Å²) in [6.45, 7) is 0.0223. The molecule has 0 radical (unpaired) electrons. The Balaban J connectivity index is 1.97. The number of anilines is 1. The van der Waals surface area contributed by atoms with Crippen LogP contribution in [0.15, 0.2) is 48.5 Å². The van der Waals surface area contributed by atoms with Crippen LogP contribution in [0.2, 0.25) is 5.02 Å². The molecule has 4 nitrogen and oxygen atoms in total. The van der Waals surface area contributed by atoms with Crippen molar-refractivity contribution < 1.29 is 22.8 Å². The predicted octanol–water partition coefficient (Wildman–Crippen LogP) is 3.61. The van der Waals surface area contributed by atoms with Gasteiger partial charge in [-0.3, -0.25) is 9.59 Å². The predicted molar refractivity (Wildman–Crippen MR) is 83.4 cm³/mol. The van der Waals surface area contributed by atoms with Gasteiger partial charge in [-0.1, -0.05) is 35.9 Å². The van der Waals surface area contributed by atoms with Crippen LogP contribution >= 0.6 is 11.6 Å². The van der Waals surface area contributed by atoms with Crippen molar-refractivity contribution in [1.29, 1.82) is 0 Å². The molecule has 0 aliphatic carbocycles. The number of amides is 2. The second kappa shape index (κ2) is 7.35. The normalized spacial score (nSPS) is 11.0. The van der Waals surface area contributed by atoms with Gasteiger partial charge in [0, 0.05) is 17.3 Å². The fraction of sp³-hybridized carbons (Fsp3) is 0.125. The lowest BCUT2D eigenvalue weighted by atomic mass is 10.2. The van der Waals surface area contributed by atoms with Crippen LogP contribution < -0.4 is 10.6 Å². The van der Waals surface area contributed by atoms with Gasteiger partial charge in [0.25, 0.3) is 0 Å². The number of nitrogens with one attached hydrogen (secondary N) is 2. The Hall–Kier alpha value is -2.54. The van der Waals surface area contributed by atoms with Crippen molar-refractivity contribution in [3.8, 4) is 0 Å². The van der Waals surface area contributed by atoms with Crippen LogP contribution in [0, 0.1) is 0 Å². The minimum absolute atomic E-state index is 0.0223. The molecule has 2 rings (SSSR count). The summed E-state index contributed by atoms with van der Waals surface area (Å²) >= 11 is 5.92. The van der Waals surface area contributed by atoms with Crippen molar-refractivity contribution in [3.63, 3.8) is 0 Å². The van der Waals surface area contributed by atoms with E-state index in [1.807, 2.05) is 0 Å². The summed E-state index contributed by atoms with van der Waals surface area (Å²) in [7, 11) is 0. The molecule has 0 aliphatic rings. The molecule has 0 atom stereocenters. The molecule has 8 heteroatoms. The maximum absolute atomic E-state index is 12.6. The number of benzene rings is 2. The third kappa shape index (κ3) is 4.73. The first-order valence-electron chi connectivity index (χ1n) is 6.77. The van der Waals surface area contributed by atoms with E-state index in [2.05, 4.69) is 10.6 Å². The van der Waals surface area contributed by atoms with E-state index in [1.54, 1.807) is 24.3 Å². The summed E-state index contributed by atoms with van der Waals surface area (Å²) in [5.74, 6) is -2.05. The molecular weight excluding hydrogens is 345 g/mol. The van der Waals surface area contributed by atoms with Crippen LogP contribution in [0.25, 0.3) is 0 Å². The first kappa shape index (κ1) is 17.8. The molecule has 24 heavy (non-hydrogen) atoms. The maximum Gasteiger partial charge on any atom is 0.416 e. The van der Waals surface area contributed by atoms with Gasteiger partial charge in [-0.25, -0.2) is 0 Å². The van der Waals surface area contributed by atoms with Crippen LogP contribution in [0.5, 0.6) is 0 Å². The van der Waals surface area contributed by atoms with Crippen molar-refractivity contribution in [2.45, 2.75) is 12.7 Å². The second-order valence-corrected chi connectivity index (χ2v) is 5.21. The van der Waals surface area contributed by atoms with Crippen molar-refractivity contribution in [2.75, 3.05) is 5.32 Å². The molecule has 0 aromatic heterocycles. The first-order valence-corrected chi connectivity index (χ1v) is 7.15. The van der Waals surface area contributed by atoms with E-state index in [0.29, 0.717) is 10.6 Å². The van der Waals surface area contributed by atoms with E-state index in [-0.39, 0.29) is 12.2 Å². The molecule has 2 aromatic rings. The Morgan fingerprint density at radius 1 is 1.00 bits per heavy atom. The second-order valence-electron chi connectivity index (χ2n) is 4.81. The van der Waals surface area contributed by atoms with Crippen molar-refractivity contribution in [3.05, 3.63) is 64.7 Å². The standard InChI is InChI=1S/C16H12ClF3N2O2/c17-13-7-2-1-4-10(13)9-21-14(23)15(24)22-12-6-3-5-11(8-12)16(18,19)20/h1-8H,9H2,(H,21,23)(H,22,24). The summed E-state index contributed by atoms with van der Waals surface area (Å²) in [6, 6.07) is 10.8. The number of halogens is 4. The molecule has 2 N–H and O–H groups in total. The minimum Gasteiger partial charge on any atom is -0.344 e. The van der Waals surface area contributed by atoms with Gasteiger partial charge in [0.2, 0.25) is 0 Å². The molecule has 0 fully saturated rings. The Bertz CT molecular complexity index is 763. The molecule has 0 aliphatic heterocycles. The van der Waals surface area contributed by atoms with Crippen LogP contribution in [-0.2, 0) is 22.3 Å². The van der Waals surface area contributed by atoms with Gasteiger partial charge in [-0.2, -0.15) is 13.2 Å². The number of rotatable bonds is 3. The summed E-state index contributed by atoms with van der Waals surface area (Å²) < 4.78 is 37.8. The van der Waals surface area contributed by atoms with Crippen LogP contribution in [-0.4, -0.2) is 11.8 Å². The Morgan fingerprint density at radius 2 is 1.71 bits per heavy atom. The molecule has 0 saturated carbocycles. The summed E-state index contributed by atoms with van der Waals surface area (Å²) in [5, 5.41) is 4.90. The van der Waals surface area contributed by atoms with Crippen molar-refractivity contribution in [1.82, 2.24) is 5.32 Å². The zero-order chi connectivity index (χ0) is 17.7. The zero-order valence-corrected chi connectivity index (χ0v) is 12.9. The lowest BCUT2D eigenvalue weighted by Crippen LogP contribution is -2.35. The van der Waals surface area contributed by atoms with Gasteiger partial charge >= 0.3 is 18.0 Å². The number of alkyl halides is 3. The summed E-state index contributed by atoms with van der Waals surface area (Å²) in [6.07, 6.45) is -4.53. The van der Waals surface area contributed by atoms with Gasteiger partial charge in [-0.05, 0) is 29.8 Å². The zero-order valence-electron chi connectivity index (χ0n) is 12.2. The molecule has 0 unspecified atom stereocenters. The van der Waals surface area contributed by atoms with Gasteiger partial charge in [-0.15, -0.1) is 0 Å². The first-order chi connectivity index (χ1) is 11.3. The summed E-state index contributed by atoms with van der Waals surface area (Å²) in [4.78, 5) is 23.5. The quantitative estimate of drug-likeness (QED) is 0.825. The molecule has 0 spiro atoms. The van der Waals surface area contributed by atoms with Crippen LogP contribution in [0.4, 0.5) is 18.9 Å². The Kier molecular flexibility index (Phi) is 5.46. The molecule has 0 saturated heterocycles. The van der Waals surface area contributed by atoms with Crippen LogP contribution in [0.3, 0.4) is 0 Å². The summed E-state index contributed by atoms with van der Waals surface area (Å²) in [5.41, 5.74) is -0.432. The maximum atomic E-state index is 12.6. The van der Waals surface area contributed by atoms with E-state index >= 15 is 0 Å². The highest BCUT2D eigenvalue weighted by molar-refractivity contribution is 6.39. The highest BCUT2D eigenvalue weighted by Crippen LogP contribution is 2.30. The van der Waals surface area contributed by atoms with E-state index in [1.165, 1.54) is 6.07 Å². The van der Waals surface area contributed by atoms with Gasteiger partial charge in [0.05, 0.1) is 5.56 Å². The van der Waals surface area contributed by atoms with Crippen molar-refractivity contribution in [2.24, 2.45) is 0 Å². The SMILES string of the molecule is O=C(NCc1ccccc1Cl)C(=O)Nc1cccc(C(F)(F)F)c1. The third-order valence-corrected chi connectivity index (χ3v) is 3.42. The van der Waals surface area contributed by atoms with Gasteiger partial charge in [0.1, 0.15) is 0 Å². The number of hydrogen-bond acceptors (Lipinski definition) is 2.